The third-order valence-electron chi connectivity index (χ3n) is 8.74. The van der Waals surface area contributed by atoms with Gasteiger partial charge in [0.2, 0.25) is 0 Å². The first kappa shape index (κ1) is 23.1. The molecule has 3 aliphatic carbocycles. The van der Waals surface area contributed by atoms with Crippen LogP contribution in [0.2, 0.25) is 0 Å². The van der Waals surface area contributed by atoms with Gasteiger partial charge < -0.3 is 25.3 Å². The maximum Gasteiger partial charge on any atom is 0.407 e. The second kappa shape index (κ2) is 9.03. The SMILES string of the molecule is COC1C(OC(=O)NC2CCC(N)CC2)CC[C@]2(CO2)C1[C@@]1(C)CC[C@@H]1CC=C(C)C. The number of amides is 1. The number of hydrogen-bond acceptors (Lipinski definition) is 5. The first-order chi connectivity index (χ1) is 14.8. The lowest BCUT2D eigenvalue weighted by Gasteiger charge is -2.58. The fourth-order valence-electron chi connectivity index (χ4n) is 6.61. The molecule has 4 aliphatic rings. The number of alkyl carbamates (subject to hydrolysis) is 1. The molecule has 0 aromatic carbocycles. The molecule has 0 aromatic rings. The van der Waals surface area contributed by atoms with Gasteiger partial charge in [0, 0.05) is 25.1 Å². The van der Waals surface area contributed by atoms with Crippen LogP contribution in [0.25, 0.3) is 0 Å². The van der Waals surface area contributed by atoms with E-state index in [1.54, 1.807) is 7.11 Å². The number of methoxy groups -OCH3 is 1. The van der Waals surface area contributed by atoms with E-state index in [4.69, 9.17) is 19.9 Å². The molecular formula is C25H42N2O4. The van der Waals surface area contributed by atoms with Crippen LogP contribution >= 0.6 is 0 Å². The second-order valence-electron chi connectivity index (χ2n) is 11.0. The lowest BCUT2D eigenvalue weighted by Crippen LogP contribution is -2.60. The summed E-state index contributed by atoms with van der Waals surface area (Å²) in [4.78, 5) is 12.7. The van der Waals surface area contributed by atoms with Crippen molar-refractivity contribution in [2.24, 2.45) is 23.0 Å². The minimum atomic E-state index is -0.307. The van der Waals surface area contributed by atoms with Gasteiger partial charge in [-0.2, -0.15) is 0 Å². The van der Waals surface area contributed by atoms with Crippen molar-refractivity contribution in [2.75, 3.05) is 13.7 Å². The van der Waals surface area contributed by atoms with Crippen molar-refractivity contribution in [1.29, 1.82) is 0 Å². The van der Waals surface area contributed by atoms with Crippen molar-refractivity contribution in [3.63, 3.8) is 0 Å². The van der Waals surface area contributed by atoms with Gasteiger partial charge in [-0.05, 0) is 83.0 Å². The molecule has 0 bridgehead atoms. The van der Waals surface area contributed by atoms with Gasteiger partial charge in [-0.3, -0.25) is 0 Å². The number of rotatable bonds is 6. The molecule has 0 radical (unpaired) electrons. The molecule has 1 aliphatic heterocycles. The predicted octanol–water partition coefficient (Wildman–Crippen LogP) is 4.32. The molecule has 1 spiro atoms. The molecule has 6 atom stereocenters. The normalized spacial score (nSPS) is 44.3. The Hall–Kier alpha value is -1.11. The first-order valence-electron chi connectivity index (χ1n) is 12.3. The summed E-state index contributed by atoms with van der Waals surface area (Å²) in [5, 5.41) is 3.08. The van der Waals surface area contributed by atoms with Crippen LogP contribution in [0.4, 0.5) is 4.79 Å². The van der Waals surface area contributed by atoms with Gasteiger partial charge >= 0.3 is 6.09 Å². The number of carbonyl (C=O) groups is 1. The summed E-state index contributed by atoms with van der Waals surface area (Å²) in [7, 11) is 1.77. The van der Waals surface area contributed by atoms with E-state index in [0.29, 0.717) is 5.92 Å². The van der Waals surface area contributed by atoms with Crippen LogP contribution in [0.1, 0.15) is 78.6 Å². The molecule has 0 aromatic heterocycles. The van der Waals surface area contributed by atoms with Gasteiger partial charge in [0.05, 0.1) is 12.2 Å². The average Bonchev–Trinajstić information content (AvgIpc) is 3.49. The van der Waals surface area contributed by atoms with E-state index in [1.807, 2.05) is 0 Å². The third kappa shape index (κ3) is 4.67. The Kier molecular flexibility index (Phi) is 6.72. The molecule has 176 valence electrons. The Morgan fingerprint density at radius 2 is 1.87 bits per heavy atom. The van der Waals surface area contributed by atoms with Crippen molar-refractivity contribution in [2.45, 2.75) is 108 Å². The Morgan fingerprint density at radius 3 is 2.42 bits per heavy atom. The van der Waals surface area contributed by atoms with Crippen LogP contribution in [0, 0.1) is 17.3 Å². The monoisotopic (exact) mass is 434 g/mol. The fraction of sp³-hybridized carbons (Fsp3) is 0.880. The van der Waals surface area contributed by atoms with Crippen molar-refractivity contribution >= 4 is 6.09 Å². The molecule has 3 unspecified atom stereocenters. The first-order valence-corrected chi connectivity index (χ1v) is 12.3. The number of hydrogen-bond donors (Lipinski definition) is 2. The summed E-state index contributed by atoms with van der Waals surface area (Å²) in [6.45, 7) is 7.56. The maximum atomic E-state index is 12.7. The quantitative estimate of drug-likeness (QED) is 0.480. The van der Waals surface area contributed by atoms with Gasteiger partial charge in [0.15, 0.2) is 0 Å². The molecule has 31 heavy (non-hydrogen) atoms. The topological polar surface area (TPSA) is 86.1 Å². The maximum absolute atomic E-state index is 12.7. The zero-order chi connectivity index (χ0) is 22.2. The smallest absolute Gasteiger partial charge is 0.407 e. The average molecular weight is 435 g/mol. The van der Waals surface area contributed by atoms with Gasteiger partial charge in [0.1, 0.15) is 12.2 Å². The molecule has 3 saturated carbocycles. The van der Waals surface area contributed by atoms with Gasteiger partial charge in [-0.1, -0.05) is 18.6 Å². The van der Waals surface area contributed by atoms with E-state index in [2.05, 4.69) is 32.2 Å². The molecule has 1 amide bonds. The molecule has 1 heterocycles. The van der Waals surface area contributed by atoms with Crippen molar-refractivity contribution in [1.82, 2.24) is 5.32 Å². The van der Waals surface area contributed by atoms with Crippen molar-refractivity contribution in [3.05, 3.63) is 11.6 Å². The highest BCUT2D eigenvalue weighted by Gasteiger charge is 2.67. The van der Waals surface area contributed by atoms with Crippen LogP contribution in [-0.2, 0) is 14.2 Å². The summed E-state index contributed by atoms with van der Waals surface area (Å²) in [5.41, 5.74) is 7.43. The third-order valence-corrected chi connectivity index (χ3v) is 8.74. The van der Waals surface area contributed by atoms with E-state index in [1.165, 1.54) is 18.4 Å². The van der Waals surface area contributed by atoms with E-state index >= 15 is 0 Å². The Labute approximate surface area is 187 Å². The fourth-order valence-corrected chi connectivity index (χ4v) is 6.61. The number of ether oxygens (including phenoxy) is 3. The van der Waals surface area contributed by atoms with Gasteiger partial charge in [0.25, 0.3) is 0 Å². The molecular weight excluding hydrogens is 392 g/mol. The molecule has 1 saturated heterocycles. The highest BCUT2D eigenvalue weighted by molar-refractivity contribution is 5.68. The molecule has 3 N–H and O–H groups in total. The molecule has 4 rings (SSSR count). The lowest BCUT2D eigenvalue weighted by atomic mass is 9.48. The molecule has 6 heteroatoms. The summed E-state index contributed by atoms with van der Waals surface area (Å²) in [6, 6.07) is 0.437. The lowest BCUT2D eigenvalue weighted by molar-refractivity contribution is -0.171. The zero-order valence-electron chi connectivity index (χ0n) is 19.8. The predicted molar refractivity (Wildman–Crippen MR) is 121 cm³/mol. The number of allylic oxidation sites excluding steroid dienone is 2. The Bertz CT molecular complexity index is 679. The van der Waals surface area contributed by atoms with Crippen molar-refractivity contribution < 1.29 is 19.0 Å². The second-order valence-corrected chi connectivity index (χ2v) is 11.0. The number of epoxide rings is 1. The van der Waals surface area contributed by atoms with E-state index in [9.17, 15) is 4.79 Å². The van der Waals surface area contributed by atoms with Gasteiger partial charge in [-0.15, -0.1) is 0 Å². The van der Waals surface area contributed by atoms with Crippen LogP contribution in [-0.4, -0.2) is 49.7 Å². The Balaban J connectivity index is 1.43. The van der Waals surface area contributed by atoms with E-state index in [-0.39, 0.29) is 47.3 Å². The minimum absolute atomic E-state index is 0.0884. The summed E-state index contributed by atoms with van der Waals surface area (Å²) in [6.07, 6.45) is 10.8. The Morgan fingerprint density at radius 1 is 1.16 bits per heavy atom. The number of carbonyl (C=O) groups excluding carboxylic acids is 1. The molecule has 4 fully saturated rings. The number of nitrogens with two attached hydrogens (primary N) is 1. The number of nitrogens with one attached hydrogen (secondary N) is 1. The standard InChI is InChI=1S/C25H42N2O4/c1-16(2)5-6-17-11-13-24(17,3)22-21(29-4)20(12-14-25(22)15-30-25)31-23(28)27-19-9-7-18(26)8-10-19/h5,17-22H,6-15,26H2,1-4H3,(H,27,28)/t17-,18?,19?,20?,21?,22?,24-,25-/m0/s1. The van der Waals surface area contributed by atoms with Crippen LogP contribution < -0.4 is 11.1 Å². The summed E-state index contributed by atoms with van der Waals surface area (Å²) >= 11 is 0. The van der Waals surface area contributed by atoms with E-state index in [0.717, 1.165) is 51.6 Å². The van der Waals surface area contributed by atoms with Gasteiger partial charge in [-0.25, -0.2) is 4.79 Å². The van der Waals surface area contributed by atoms with E-state index < -0.39 is 0 Å². The zero-order valence-corrected chi connectivity index (χ0v) is 19.8. The highest BCUT2D eigenvalue weighted by Crippen LogP contribution is 2.63. The molecule has 6 nitrogen and oxygen atoms in total. The summed E-state index contributed by atoms with van der Waals surface area (Å²) in [5.74, 6) is 0.888. The van der Waals surface area contributed by atoms with Crippen LogP contribution in [0.15, 0.2) is 11.6 Å². The minimum Gasteiger partial charge on any atom is -0.443 e. The summed E-state index contributed by atoms with van der Waals surface area (Å²) < 4.78 is 18.2. The van der Waals surface area contributed by atoms with Crippen LogP contribution in [0.5, 0.6) is 0 Å². The van der Waals surface area contributed by atoms with Crippen molar-refractivity contribution in [3.8, 4) is 0 Å². The van der Waals surface area contributed by atoms with Crippen LogP contribution in [0.3, 0.4) is 0 Å². The highest BCUT2D eigenvalue weighted by atomic mass is 16.6. The largest absolute Gasteiger partial charge is 0.443 e.